The average Bonchev–Trinajstić information content (AvgIpc) is 2.81. The molecule has 0 saturated carbocycles. The molecule has 1 aliphatic rings. The maximum Gasteiger partial charge on any atom is 0.260 e. The second kappa shape index (κ2) is 10.1. The summed E-state index contributed by atoms with van der Waals surface area (Å²) >= 11 is 23.9. The van der Waals surface area contributed by atoms with Gasteiger partial charge in [-0.25, -0.2) is 0 Å². The van der Waals surface area contributed by atoms with Gasteiger partial charge in [-0.15, -0.1) is 10.2 Å². The van der Waals surface area contributed by atoms with Crippen LogP contribution < -0.4 is 9.64 Å². The molecule has 0 aliphatic carbocycles. The SMILES string of the molecule is O=C(COc1cc(Cl)c(Cl)cc1Cl)N1CCN(c2ccc(-c3ccc(Cl)cc3)nn2)CC1. The number of piperazine rings is 1. The zero-order chi connectivity index (χ0) is 22.7. The van der Waals surface area contributed by atoms with E-state index in [0.717, 1.165) is 17.1 Å². The van der Waals surface area contributed by atoms with Crippen molar-refractivity contribution in [3.05, 3.63) is 68.6 Å². The monoisotopic (exact) mass is 510 g/mol. The van der Waals surface area contributed by atoms with Crippen molar-refractivity contribution in [1.82, 2.24) is 15.1 Å². The van der Waals surface area contributed by atoms with Gasteiger partial charge in [0, 0.05) is 42.8 Å². The third kappa shape index (κ3) is 5.38. The summed E-state index contributed by atoms with van der Waals surface area (Å²) in [6.07, 6.45) is 0. The van der Waals surface area contributed by atoms with Crippen molar-refractivity contribution in [3.8, 4) is 17.0 Å². The topological polar surface area (TPSA) is 58.6 Å². The molecule has 1 amide bonds. The van der Waals surface area contributed by atoms with Crippen LogP contribution in [0, 0.1) is 0 Å². The predicted octanol–water partition coefficient (Wildman–Crippen LogP) is 5.48. The molecule has 166 valence electrons. The largest absolute Gasteiger partial charge is 0.482 e. The molecule has 0 spiro atoms. The molecule has 10 heteroatoms. The zero-order valence-corrected chi connectivity index (χ0v) is 19.8. The van der Waals surface area contributed by atoms with Gasteiger partial charge in [-0.1, -0.05) is 58.5 Å². The number of nitrogens with zero attached hydrogens (tertiary/aromatic N) is 4. The van der Waals surface area contributed by atoms with Crippen molar-refractivity contribution in [2.45, 2.75) is 0 Å². The molecule has 2 heterocycles. The van der Waals surface area contributed by atoms with Crippen molar-refractivity contribution >= 4 is 58.1 Å². The van der Waals surface area contributed by atoms with E-state index in [-0.39, 0.29) is 12.5 Å². The lowest BCUT2D eigenvalue weighted by atomic mass is 10.1. The van der Waals surface area contributed by atoms with E-state index in [2.05, 4.69) is 15.1 Å². The van der Waals surface area contributed by atoms with E-state index < -0.39 is 0 Å². The molecule has 1 aromatic heterocycles. The zero-order valence-electron chi connectivity index (χ0n) is 16.8. The number of anilines is 1. The second-order valence-electron chi connectivity index (χ2n) is 7.14. The minimum absolute atomic E-state index is 0.129. The van der Waals surface area contributed by atoms with Crippen LogP contribution >= 0.6 is 46.4 Å². The number of benzene rings is 2. The first-order valence-corrected chi connectivity index (χ1v) is 11.3. The highest BCUT2D eigenvalue weighted by Gasteiger charge is 2.23. The highest BCUT2D eigenvalue weighted by molar-refractivity contribution is 6.43. The number of hydrogen-bond acceptors (Lipinski definition) is 5. The molecule has 0 unspecified atom stereocenters. The van der Waals surface area contributed by atoms with Crippen LogP contribution in [-0.2, 0) is 4.79 Å². The number of amides is 1. The van der Waals surface area contributed by atoms with Crippen LogP contribution in [0.15, 0.2) is 48.5 Å². The number of carbonyl (C=O) groups is 1. The van der Waals surface area contributed by atoms with Gasteiger partial charge in [0.05, 0.1) is 20.8 Å². The van der Waals surface area contributed by atoms with E-state index in [0.29, 0.717) is 52.0 Å². The van der Waals surface area contributed by atoms with Gasteiger partial charge in [-0.05, 0) is 30.3 Å². The Balaban J connectivity index is 1.30. The van der Waals surface area contributed by atoms with Crippen molar-refractivity contribution < 1.29 is 9.53 Å². The van der Waals surface area contributed by atoms with E-state index >= 15 is 0 Å². The molecule has 4 rings (SSSR count). The molecule has 0 N–H and O–H groups in total. The predicted molar refractivity (Wildman–Crippen MR) is 128 cm³/mol. The first-order valence-electron chi connectivity index (χ1n) is 9.80. The number of halogens is 4. The summed E-state index contributed by atoms with van der Waals surface area (Å²) in [4.78, 5) is 16.4. The Labute approximate surface area is 205 Å². The van der Waals surface area contributed by atoms with E-state index in [4.69, 9.17) is 51.1 Å². The summed E-state index contributed by atoms with van der Waals surface area (Å²) in [6, 6.07) is 14.3. The molecule has 0 radical (unpaired) electrons. The third-order valence-electron chi connectivity index (χ3n) is 5.07. The summed E-state index contributed by atoms with van der Waals surface area (Å²) in [7, 11) is 0. The van der Waals surface area contributed by atoms with Gasteiger partial charge in [0.2, 0.25) is 0 Å². The van der Waals surface area contributed by atoms with Crippen LogP contribution in [0.3, 0.4) is 0 Å². The maximum atomic E-state index is 12.5. The van der Waals surface area contributed by atoms with Gasteiger partial charge < -0.3 is 14.5 Å². The van der Waals surface area contributed by atoms with E-state index in [1.54, 1.807) is 4.90 Å². The van der Waals surface area contributed by atoms with Crippen LogP contribution in [-0.4, -0.2) is 53.8 Å². The lowest BCUT2D eigenvalue weighted by molar-refractivity contribution is -0.133. The lowest BCUT2D eigenvalue weighted by Gasteiger charge is -2.35. The minimum Gasteiger partial charge on any atom is -0.482 e. The van der Waals surface area contributed by atoms with Crippen molar-refractivity contribution in [1.29, 1.82) is 0 Å². The van der Waals surface area contributed by atoms with Gasteiger partial charge in [-0.2, -0.15) is 0 Å². The fourth-order valence-corrected chi connectivity index (χ4v) is 4.02. The molecule has 2 aromatic carbocycles. The van der Waals surface area contributed by atoms with Gasteiger partial charge in [0.1, 0.15) is 5.75 Å². The summed E-state index contributed by atoms with van der Waals surface area (Å²) in [5.74, 6) is 0.966. The highest BCUT2D eigenvalue weighted by atomic mass is 35.5. The van der Waals surface area contributed by atoms with E-state index in [1.807, 2.05) is 36.4 Å². The number of hydrogen-bond donors (Lipinski definition) is 0. The number of ether oxygens (including phenoxy) is 1. The van der Waals surface area contributed by atoms with Crippen molar-refractivity contribution in [2.75, 3.05) is 37.7 Å². The van der Waals surface area contributed by atoms with Gasteiger partial charge in [-0.3, -0.25) is 4.79 Å². The fraction of sp³-hybridized carbons (Fsp3) is 0.227. The summed E-state index contributed by atoms with van der Waals surface area (Å²) < 4.78 is 5.55. The Morgan fingerprint density at radius 1 is 0.844 bits per heavy atom. The fourth-order valence-electron chi connectivity index (χ4n) is 3.30. The van der Waals surface area contributed by atoms with Gasteiger partial charge in [0.25, 0.3) is 5.91 Å². The highest BCUT2D eigenvalue weighted by Crippen LogP contribution is 2.33. The average molecular weight is 512 g/mol. The van der Waals surface area contributed by atoms with Crippen molar-refractivity contribution in [3.63, 3.8) is 0 Å². The Morgan fingerprint density at radius 2 is 1.53 bits per heavy atom. The lowest BCUT2D eigenvalue weighted by Crippen LogP contribution is -2.50. The van der Waals surface area contributed by atoms with Crippen LogP contribution in [0.1, 0.15) is 0 Å². The van der Waals surface area contributed by atoms with Gasteiger partial charge in [0.15, 0.2) is 12.4 Å². The molecular weight excluding hydrogens is 494 g/mol. The van der Waals surface area contributed by atoms with Gasteiger partial charge >= 0.3 is 0 Å². The molecule has 3 aromatic rings. The Hall–Kier alpha value is -2.25. The quantitative estimate of drug-likeness (QED) is 0.424. The molecule has 0 atom stereocenters. The van der Waals surface area contributed by atoms with Crippen molar-refractivity contribution in [2.24, 2.45) is 0 Å². The third-order valence-corrected chi connectivity index (χ3v) is 6.34. The summed E-state index contributed by atoms with van der Waals surface area (Å²) in [5, 5.41) is 10.3. The molecule has 1 fully saturated rings. The molecule has 0 bridgehead atoms. The molecule has 6 nitrogen and oxygen atoms in total. The summed E-state index contributed by atoms with van der Waals surface area (Å²) in [5.41, 5.74) is 1.73. The van der Waals surface area contributed by atoms with E-state index in [1.165, 1.54) is 12.1 Å². The van der Waals surface area contributed by atoms with Crippen LogP contribution in [0.5, 0.6) is 5.75 Å². The molecule has 1 saturated heterocycles. The minimum atomic E-state index is -0.132. The standard InChI is InChI=1S/C22H18Cl4N4O2/c23-15-3-1-14(2-4-15)19-5-6-21(28-27-19)29-7-9-30(10-8-29)22(31)13-32-20-12-17(25)16(24)11-18(20)26/h1-6,11-12H,7-10,13H2. The Bertz CT molecular complexity index is 1100. The first-order chi connectivity index (χ1) is 15.4. The number of rotatable bonds is 5. The normalized spacial score (nSPS) is 13.9. The first kappa shape index (κ1) is 22.9. The number of carbonyl (C=O) groups excluding carboxylic acids is 1. The van der Waals surface area contributed by atoms with Crippen LogP contribution in [0.2, 0.25) is 20.1 Å². The molecular formula is C22H18Cl4N4O2. The van der Waals surface area contributed by atoms with Crippen LogP contribution in [0.25, 0.3) is 11.3 Å². The van der Waals surface area contributed by atoms with Crippen LogP contribution in [0.4, 0.5) is 5.82 Å². The van der Waals surface area contributed by atoms with E-state index in [9.17, 15) is 4.79 Å². The second-order valence-corrected chi connectivity index (χ2v) is 8.79. The molecule has 32 heavy (non-hydrogen) atoms. The Kier molecular flexibility index (Phi) is 7.26. The number of aromatic nitrogens is 2. The maximum absolute atomic E-state index is 12.5. The summed E-state index contributed by atoms with van der Waals surface area (Å²) in [6.45, 7) is 2.27. The smallest absolute Gasteiger partial charge is 0.260 e. The Morgan fingerprint density at radius 3 is 2.19 bits per heavy atom. The molecule has 1 aliphatic heterocycles.